The number of carbonyl (C=O) groups excluding carboxylic acids is 1. The van der Waals surface area contributed by atoms with Crippen molar-refractivity contribution >= 4 is 17.2 Å². The van der Waals surface area contributed by atoms with Crippen molar-refractivity contribution < 1.29 is 9.53 Å². The van der Waals surface area contributed by atoms with Crippen LogP contribution < -0.4 is 4.74 Å². The highest BCUT2D eigenvalue weighted by Crippen LogP contribution is 2.20. The quantitative estimate of drug-likeness (QED) is 0.869. The Morgan fingerprint density at radius 3 is 2.59 bits per heavy atom. The van der Waals surface area contributed by atoms with Gasteiger partial charge in [0.1, 0.15) is 5.75 Å². The molecule has 22 heavy (non-hydrogen) atoms. The minimum absolute atomic E-state index is 0.159. The molecule has 1 saturated heterocycles. The SMILES string of the molecule is COc1ccccc1CN1CCN(C(=O)c2cccs2)CC1. The van der Waals surface area contributed by atoms with Gasteiger partial charge >= 0.3 is 0 Å². The molecule has 0 saturated carbocycles. The van der Waals surface area contributed by atoms with Gasteiger partial charge in [0.05, 0.1) is 12.0 Å². The van der Waals surface area contributed by atoms with Gasteiger partial charge in [-0.05, 0) is 17.5 Å². The Bertz CT molecular complexity index is 619. The standard InChI is InChI=1S/C17H20N2O2S/c1-21-15-6-3-2-5-14(15)13-18-8-10-19(11-9-18)17(20)16-7-4-12-22-16/h2-7,12H,8-11,13H2,1H3. The van der Waals surface area contributed by atoms with Crippen LogP contribution in [0.5, 0.6) is 5.75 Å². The largest absolute Gasteiger partial charge is 0.496 e. The predicted octanol–water partition coefficient (Wildman–Crippen LogP) is 2.71. The van der Waals surface area contributed by atoms with Crippen molar-refractivity contribution in [2.24, 2.45) is 0 Å². The highest BCUT2D eigenvalue weighted by atomic mass is 32.1. The molecule has 1 fully saturated rings. The first kappa shape index (κ1) is 15.1. The number of nitrogens with zero attached hydrogens (tertiary/aromatic N) is 2. The Labute approximate surface area is 134 Å². The fourth-order valence-corrected chi connectivity index (χ4v) is 3.43. The summed E-state index contributed by atoms with van der Waals surface area (Å²) in [7, 11) is 1.70. The number of para-hydroxylation sites is 1. The number of piperazine rings is 1. The molecule has 116 valence electrons. The summed E-state index contributed by atoms with van der Waals surface area (Å²) in [6.45, 7) is 4.23. The van der Waals surface area contributed by atoms with E-state index in [0.29, 0.717) is 0 Å². The van der Waals surface area contributed by atoms with Crippen LogP contribution in [-0.2, 0) is 6.54 Å². The number of benzene rings is 1. The molecule has 0 unspecified atom stereocenters. The highest BCUT2D eigenvalue weighted by Gasteiger charge is 2.23. The van der Waals surface area contributed by atoms with Gasteiger partial charge in [0.25, 0.3) is 5.91 Å². The van der Waals surface area contributed by atoms with Crippen molar-refractivity contribution in [2.75, 3.05) is 33.3 Å². The maximum atomic E-state index is 12.3. The number of hydrogen-bond donors (Lipinski definition) is 0. The number of hydrogen-bond acceptors (Lipinski definition) is 4. The number of carbonyl (C=O) groups is 1. The summed E-state index contributed by atoms with van der Waals surface area (Å²) < 4.78 is 5.41. The molecule has 1 amide bonds. The fraction of sp³-hybridized carbons (Fsp3) is 0.353. The van der Waals surface area contributed by atoms with Gasteiger partial charge in [-0.15, -0.1) is 11.3 Å². The summed E-state index contributed by atoms with van der Waals surface area (Å²) in [6.07, 6.45) is 0. The van der Waals surface area contributed by atoms with Crippen molar-refractivity contribution in [3.63, 3.8) is 0 Å². The highest BCUT2D eigenvalue weighted by molar-refractivity contribution is 7.12. The van der Waals surface area contributed by atoms with E-state index in [0.717, 1.165) is 43.4 Å². The van der Waals surface area contributed by atoms with Gasteiger partial charge in [-0.1, -0.05) is 24.3 Å². The molecule has 1 aromatic carbocycles. The van der Waals surface area contributed by atoms with Crippen molar-refractivity contribution in [2.45, 2.75) is 6.54 Å². The molecule has 0 radical (unpaired) electrons. The van der Waals surface area contributed by atoms with Crippen molar-refractivity contribution in [3.05, 3.63) is 52.2 Å². The van der Waals surface area contributed by atoms with Crippen molar-refractivity contribution in [1.29, 1.82) is 0 Å². The van der Waals surface area contributed by atoms with E-state index in [9.17, 15) is 4.79 Å². The summed E-state index contributed by atoms with van der Waals surface area (Å²) >= 11 is 1.51. The molecular weight excluding hydrogens is 296 g/mol. The first-order valence-electron chi connectivity index (χ1n) is 7.45. The maximum absolute atomic E-state index is 12.3. The second kappa shape index (κ2) is 6.94. The second-order valence-electron chi connectivity index (χ2n) is 5.36. The summed E-state index contributed by atoms with van der Waals surface area (Å²) in [5, 5.41) is 1.95. The average Bonchev–Trinajstić information content (AvgIpc) is 3.10. The van der Waals surface area contributed by atoms with Gasteiger partial charge in [-0.25, -0.2) is 0 Å². The first-order chi connectivity index (χ1) is 10.8. The summed E-state index contributed by atoms with van der Waals surface area (Å²) in [6, 6.07) is 11.9. The molecule has 3 rings (SSSR count). The lowest BCUT2D eigenvalue weighted by Gasteiger charge is -2.34. The third kappa shape index (κ3) is 3.31. The van der Waals surface area contributed by atoms with E-state index in [1.807, 2.05) is 40.6 Å². The first-order valence-corrected chi connectivity index (χ1v) is 8.33. The molecule has 4 nitrogen and oxygen atoms in total. The van der Waals surface area contributed by atoms with E-state index < -0.39 is 0 Å². The molecule has 2 heterocycles. The minimum Gasteiger partial charge on any atom is -0.496 e. The summed E-state index contributed by atoms with van der Waals surface area (Å²) in [5.74, 6) is 1.09. The van der Waals surface area contributed by atoms with Gasteiger partial charge < -0.3 is 9.64 Å². The molecule has 2 aromatic rings. The minimum atomic E-state index is 0.159. The second-order valence-corrected chi connectivity index (χ2v) is 6.31. The molecule has 1 aliphatic rings. The molecule has 1 aliphatic heterocycles. The lowest BCUT2D eigenvalue weighted by molar-refractivity contribution is 0.0632. The van der Waals surface area contributed by atoms with Crippen LogP contribution in [0.2, 0.25) is 0 Å². The van der Waals surface area contributed by atoms with Crippen LogP contribution in [0, 0.1) is 0 Å². The van der Waals surface area contributed by atoms with Gasteiger partial charge in [-0.2, -0.15) is 0 Å². The van der Waals surface area contributed by atoms with E-state index in [-0.39, 0.29) is 5.91 Å². The van der Waals surface area contributed by atoms with E-state index in [1.165, 1.54) is 16.9 Å². The number of methoxy groups -OCH3 is 1. The lowest BCUT2D eigenvalue weighted by Crippen LogP contribution is -2.48. The van der Waals surface area contributed by atoms with Gasteiger partial charge in [-0.3, -0.25) is 9.69 Å². The molecule has 0 aliphatic carbocycles. The Kier molecular flexibility index (Phi) is 4.75. The fourth-order valence-electron chi connectivity index (χ4n) is 2.74. The van der Waals surface area contributed by atoms with E-state index >= 15 is 0 Å². The van der Waals surface area contributed by atoms with Crippen LogP contribution >= 0.6 is 11.3 Å². The Balaban J connectivity index is 1.57. The molecule has 0 bridgehead atoms. The zero-order valence-electron chi connectivity index (χ0n) is 12.7. The summed E-state index contributed by atoms with van der Waals surface area (Å²) in [5.41, 5.74) is 1.20. The maximum Gasteiger partial charge on any atom is 0.264 e. The average molecular weight is 316 g/mol. The van der Waals surface area contributed by atoms with Crippen LogP contribution in [0.4, 0.5) is 0 Å². The monoisotopic (exact) mass is 316 g/mol. The van der Waals surface area contributed by atoms with Crippen LogP contribution in [0.25, 0.3) is 0 Å². The third-order valence-corrected chi connectivity index (χ3v) is 4.84. The number of thiophene rings is 1. The van der Waals surface area contributed by atoms with Crippen LogP contribution in [-0.4, -0.2) is 49.0 Å². The van der Waals surface area contributed by atoms with Gasteiger partial charge in [0.2, 0.25) is 0 Å². The molecule has 5 heteroatoms. The molecular formula is C17H20N2O2S. The lowest BCUT2D eigenvalue weighted by atomic mass is 10.1. The number of rotatable bonds is 4. The van der Waals surface area contributed by atoms with Crippen LogP contribution in [0.3, 0.4) is 0 Å². The number of ether oxygens (including phenoxy) is 1. The molecule has 0 spiro atoms. The van der Waals surface area contributed by atoms with Crippen molar-refractivity contribution in [3.8, 4) is 5.75 Å². The molecule has 0 atom stereocenters. The van der Waals surface area contributed by atoms with E-state index in [2.05, 4.69) is 11.0 Å². The van der Waals surface area contributed by atoms with E-state index in [1.54, 1.807) is 7.11 Å². The summed E-state index contributed by atoms with van der Waals surface area (Å²) in [4.78, 5) is 17.5. The smallest absolute Gasteiger partial charge is 0.264 e. The van der Waals surface area contributed by atoms with Gasteiger partial charge in [0.15, 0.2) is 0 Å². The topological polar surface area (TPSA) is 32.8 Å². The van der Waals surface area contributed by atoms with E-state index in [4.69, 9.17) is 4.74 Å². The third-order valence-electron chi connectivity index (χ3n) is 3.98. The van der Waals surface area contributed by atoms with Crippen LogP contribution in [0.15, 0.2) is 41.8 Å². The Hall–Kier alpha value is -1.85. The Morgan fingerprint density at radius 1 is 1.14 bits per heavy atom. The molecule has 1 aromatic heterocycles. The zero-order valence-corrected chi connectivity index (χ0v) is 13.5. The van der Waals surface area contributed by atoms with Crippen molar-refractivity contribution in [1.82, 2.24) is 9.80 Å². The normalized spacial score (nSPS) is 15.8. The predicted molar refractivity (Wildman–Crippen MR) is 88.5 cm³/mol. The Morgan fingerprint density at radius 2 is 1.91 bits per heavy atom. The zero-order chi connectivity index (χ0) is 15.4. The van der Waals surface area contributed by atoms with Crippen LogP contribution in [0.1, 0.15) is 15.2 Å². The number of amides is 1. The molecule has 0 N–H and O–H groups in total. The van der Waals surface area contributed by atoms with Gasteiger partial charge in [0, 0.05) is 38.3 Å².